The van der Waals surface area contributed by atoms with Gasteiger partial charge >= 0.3 is 0 Å². The van der Waals surface area contributed by atoms with Crippen LogP contribution < -0.4 is 10.6 Å². The number of amides is 1. The van der Waals surface area contributed by atoms with Crippen molar-refractivity contribution in [2.45, 2.75) is 6.92 Å². The summed E-state index contributed by atoms with van der Waals surface area (Å²) in [6, 6.07) is 5.43. The summed E-state index contributed by atoms with van der Waals surface area (Å²) in [5, 5.41) is 1.70. The zero-order valence-corrected chi connectivity index (χ0v) is 12.1. The number of primary amides is 1. The average Bonchev–Trinajstić information content (AvgIpc) is 2.32. The number of hydrogen-bond acceptors (Lipinski definition) is 3. The molecule has 0 fully saturated rings. The van der Waals surface area contributed by atoms with E-state index in [2.05, 4.69) is 4.98 Å². The van der Waals surface area contributed by atoms with Gasteiger partial charge < -0.3 is 10.6 Å². The van der Waals surface area contributed by atoms with Crippen molar-refractivity contribution in [2.75, 3.05) is 18.5 Å². The van der Waals surface area contributed by atoms with Crippen LogP contribution >= 0.6 is 23.2 Å². The lowest BCUT2D eigenvalue weighted by Gasteiger charge is -2.20. The Bertz CT molecular complexity index is 658. The van der Waals surface area contributed by atoms with Crippen LogP contribution in [0.15, 0.2) is 18.2 Å². The summed E-state index contributed by atoms with van der Waals surface area (Å²) in [4.78, 5) is 17.2. The number of benzene rings is 1. The quantitative estimate of drug-likeness (QED) is 0.948. The molecule has 1 aromatic carbocycles. The molecular weight excluding hydrogens is 285 g/mol. The standard InChI is InChI=1S/C13H13Cl2N3O/c1-7-5-10(18(2)6-11(16)19)8-3-4-9(14)12(15)13(8)17-7/h3-5H,6H2,1-2H3,(H2,16,19). The number of aryl methyl sites for hydroxylation is 1. The Balaban J connectivity index is 2.67. The highest BCUT2D eigenvalue weighted by Gasteiger charge is 2.13. The zero-order valence-electron chi connectivity index (χ0n) is 10.6. The molecule has 6 heteroatoms. The van der Waals surface area contributed by atoms with E-state index in [4.69, 9.17) is 28.9 Å². The molecule has 0 atom stereocenters. The maximum atomic E-state index is 11.0. The Hall–Kier alpha value is -1.52. The number of hydrogen-bond donors (Lipinski definition) is 1. The number of fused-ring (bicyclic) bond motifs is 1. The second kappa shape index (κ2) is 5.23. The van der Waals surface area contributed by atoms with Crippen LogP contribution in [0.25, 0.3) is 10.9 Å². The first-order valence-corrected chi connectivity index (χ1v) is 6.40. The van der Waals surface area contributed by atoms with E-state index in [0.717, 1.165) is 16.8 Å². The minimum Gasteiger partial charge on any atom is -0.368 e. The predicted octanol–water partition coefficient (Wildman–Crippen LogP) is 2.77. The van der Waals surface area contributed by atoms with E-state index in [1.54, 1.807) is 18.0 Å². The maximum Gasteiger partial charge on any atom is 0.236 e. The molecule has 100 valence electrons. The van der Waals surface area contributed by atoms with E-state index in [-0.39, 0.29) is 6.54 Å². The van der Waals surface area contributed by atoms with Gasteiger partial charge in [0.25, 0.3) is 0 Å². The Kier molecular flexibility index (Phi) is 3.83. The van der Waals surface area contributed by atoms with Crippen LogP contribution in [0.1, 0.15) is 5.69 Å². The van der Waals surface area contributed by atoms with Gasteiger partial charge in [0.1, 0.15) is 0 Å². The molecule has 0 saturated carbocycles. The number of pyridine rings is 1. The largest absolute Gasteiger partial charge is 0.368 e. The van der Waals surface area contributed by atoms with Crippen molar-refractivity contribution in [2.24, 2.45) is 5.73 Å². The van der Waals surface area contributed by atoms with Gasteiger partial charge in [-0.25, -0.2) is 0 Å². The lowest BCUT2D eigenvalue weighted by molar-refractivity contribution is -0.116. The third kappa shape index (κ3) is 2.74. The first-order valence-electron chi connectivity index (χ1n) is 5.65. The maximum absolute atomic E-state index is 11.0. The van der Waals surface area contributed by atoms with Gasteiger partial charge in [0, 0.05) is 23.8 Å². The fourth-order valence-electron chi connectivity index (χ4n) is 1.97. The van der Waals surface area contributed by atoms with E-state index in [0.29, 0.717) is 15.6 Å². The van der Waals surface area contributed by atoms with E-state index >= 15 is 0 Å². The summed E-state index contributed by atoms with van der Waals surface area (Å²) in [5.41, 5.74) is 7.49. The van der Waals surface area contributed by atoms with Crippen molar-refractivity contribution < 1.29 is 4.79 Å². The highest BCUT2D eigenvalue weighted by atomic mass is 35.5. The minimum atomic E-state index is -0.398. The molecule has 1 amide bonds. The Morgan fingerprint density at radius 3 is 2.74 bits per heavy atom. The van der Waals surface area contributed by atoms with Gasteiger partial charge in [-0.2, -0.15) is 0 Å². The normalized spacial score (nSPS) is 10.7. The SMILES string of the molecule is Cc1cc(N(C)CC(N)=O)c2ccc(Cl)c(Cl)c2n1. The first kappa shape index (κ1) is 13.9. The van der Waals surface area contributed by atoms with E-state index < -0.39 is 5.91 Å². The summed E-state index contributed by atoms with van der Waals surface area (Å²) in [5.74, 6) is -0.398. The Morgan fingerprint density at radius 2 is 2.11 bits per heavy atom. The van der Waals surface area contributed by atoms with Crippen LogP contribution in [0.3, 0.4) is 0 Å². The number of likely N-dealkylation sites (N-methyl/N-ethyl adjacent to an activating group) is 1. The highest BCUT2D eigenvalue weighted by Crippen LogP contribution is 2.34. The number of nitrogens with zero attached hydrogens (tertiary/aromatic N) is 2. The van der Waals surface area contributed by atoms with Crippen LogP contribution in [-0.2, 0) is 4.79 Å². The molecule has 19 heavy (non-hydrogen) atoms. The number of carbonyl (C=O) groups is 1. The number of nitrogens with two attached hydrogens (primary N) is 1. The molecule has 0 aliphatic heterocycles. The summed E-state index contributed by atoms with van der Waals surface area (Å²) in [7, 11) is 1.79. The molecule has 0 radical (unpaired) electrons. The Morgan fingerprint density at radius 1 is 1.42 bits per heavy atom. The topological polar surface area (TPSA) is 59.2 Å². The van der Waals surface area contributed by atoms with Crippen LogP contribution in [-0.4, -0.2) is 24.5 Å². The predicted molar refractivity (Wildman–Crippen MR) is 79.0 cm³/mol. The number of aromatic nitrogens is 1. The third-order valence-corrected chi connectivity index (χ3v) is 3.58. The van der Waals surface area contributed by atoms with Crippen molar-refractivity contribution in [3.63, 3.8) is 0 Å². The molecule has 0 spiro atoms. The molecule has 2 rings (SSSR count). The van der Waals surface area contributed by atoms with E-state index in [1.807, 2.05) is 19.1 Å². The van der Waals surface area contributed by atoms with Gasteiger partial charge in [0.2, 0.25) is 5.91 Å². The van der Waals surface area contributed by atoms with Crippen molar-refractivity contribution in [3.05, 3.63) is 33.9 Å². The summed E-state index contributed by atoms with van der Waals surface area (Å²) < 4.78 is 0. The molecule has 1 aromatic heterocycles. The molecule has 0 aliphatic rings. The van der Waals surface area contributed by atoms with Crippen LogP contribution in [0.5, 0.6) is 0 Å². The fourth-order valence-corrected chi connectivity index (χ4v) is 2.33. The van der Waals surface area contributed by atoms with Gasteiger partial charge in [-0.3, -0.25) is 9.78 Å². The van der Waals surface area contributed by atoms with Crippen LogP contribution in [0.2, 0.25) is 10.0 Å². The van der Waals surface area contributed by atoms with Gasteiger partial charge in [0.05, 0.1) is 22.1 Å². The molecular formula is C13H13Cl2N3O. The molecule has 1 heterocycles. The van der Waals surface area contributed by atoms with Crippen molar-refractivity contribution in [1.29, 1.82) is 0 Å². The lowest BCUT2D eigenvalue weighted by Crippen LogP contribution is -2.30. The summed E-state index contributed by atoms with van der Waals surface area (Å²) in [6.45, 7) is 1.98. The molecule has 2 aromatic rings. The molecule has 0 bridgehead atoms. The van der Waals surface area contributed by atoms with Gasteiger partial charge in [0.15, 0.2) is 0 Å². The second-order valence-electron chi connectivity index (χ2n) is 4.36. The Labute approximate surface area is 121 Å². The zero-order chi connectivity index (χ0) is 14.2. The second-order valence-corrected chi connectivity index (χ2v) is 5.15. The lowest BCUT2D eigenvalue weighted by atomic mass is 10.1. The average molecular weight is 298 g/mol. The molecule has 2 N–H and O–H groups in total. The fraction of sp³-hybridized carbons (Fsp3) is 0.231. The number of halogens is 2. The van der Waals surface area contributed by atoms with Crippen molar-refractivity contribution in [1.82, 2.24) is 4.98 Å². The highest BCUT2D eigenvalue weighted by molar-refractivity contribution is 6.45. The number of carbonyl (C=O) groups excluding carboxylic acids is 1. The minimum absolute atomic E-state index is 0.124. The third-order valence-electron chi connectivity index (χ3n) is 2.78. The first-order chi connectivity index (χ1) is 8.90. The van der Waals surface area contributed by atoms with E-state index in [1.165, 1.54) is 0 Å². The van der Waals surface area contributed by atoms with Gasteiger partial charge in [-0.1, -0.05) is 23.2 Å². The smallest absolute Gasteiger partial charge is 0.236 e. The van der Waals surface area contributed by atoms with Crippen molar-refractivity contribution in [3.8, 4) is 0 Å². The number of anilines is 1. The van der Waals surface area contributed by atoms with E-state index in [9.17, 15) is 4.79 Å². The number of rotatable bonds is 3. The molecule has 0 aliphatic carbocycles. The van der Waals surface area contributed by atoms with Crippen molar-refractivity contribution >= 4 is 45.7 Å². The molecule has 0 unspecified atom stereocenters. The summed E-state index contributed by atoms with van der Waals surface area (Å²) >= 11 is 12.2. The molecule has 4 nitrogen and oxygen atoms in total. The summed E-state index contributed by atoms with van der Waals surface area (Å²) in [6.07, 6.45) is 0. The van der Waals surface area contributed by atoms with Gasteiger partial charge in [-0.05, 0) is 25.1 Å². The molecule has 0 saturated heterocycles. The van der Waals surface area contributed by atoms with Crippen LogP contribution in [0.4, 0.5) is 5.69 Å². The van der Waals surface area contributed by atoms with Crippen LogP contribution in [0, 0.1) is 6.92 Å². The van der Waals surface area contributed by atoms with Gasteiger partial charge in [-0.15, -0.1) is 0 Å². The monoisotopic (exact) mass is 297 g/mol.